The van der Waals surface area contributed by atoms with Crippen molar-refractivity contribution in [3.63, 3.8) is 0 Å². The Kier molecular flexibility index (Phi) is 2.11. The van der Waals surface area contributed by atoms with E-state index in [-0.39, 0.29) is 0 Å². The normalized spacial score (nSPS) is 10.8. The summed E-state index contributed by atoms with van der Waals surface area (Å²) in [6.45, 7) is 0. The number of pyridine rings is 1. The Labute approximate surface area is 97.4 Å². The molecule has 0 amide bonds. The van der Waals surface area contributed by atoms with Crippen molar-refractivity contribution in [2.45, 2.75) is 0 Å². The molecule has 0 fully saturated rings. The summed E-state index contributed by atoms with van der Waals surface area (Å²) in [5.74, 6) is 0.599. The summed E-state index contributed by atoms with van der Waals surface area (Å²) in [6.07, 6.45) is 0. The van der Waals surface area contributed by atoms with Crippen LogP contribution in [0.1, 0.15) is 0 Å². The highest BCUT2D eigenvalue weighted by Gasteiger charge is 2.05. The van der Waals surface area contributed by atoms with Gasteiger partial charge in [-0.3, -0.25) is 0 Å². The molecule has 0 saturated heterocycles. The zero-order chi connectivity index (χ0) is 11.0. The van der Waals surface area contributed by atoms with Crippen LogP contribution in [-0.4, -0.2) is 4.98 Å². The van der Waals surface area contributed by atoms with Crippen LogP contribution in [0.5, 0.6) is 0 Å². The predicted molar refractivity (Wildman–Crippen MR) is 69.5 cm³/mol. The van der Waals surface area contributed by atoms with E-state index in [1.54, 1.807) is 11.3 Å². The van der Waals surface area contributed by atoms with Gasteiger partial charge in [0.1, 0.15) is 5.82 Å². The number of anilines is 1. The lowest BCUT2D eigenvalue weighted by atomic mass is 10.1. The number of benzene rings is 1. The van der Waals surface area contributed by atoms with Gasteiger partial charge in [0, 0.05) is 5.39 Å². The standard InChI is InChI=1S/C13H10N2S/c14-13-10-5-2-1-4-9(10)8-11(15-13)12-6-3-7-16-12/h1-8H,(H2,14,15). The maximum Gasteiger partial charge on any atom is 0.132 e. The van der Waals surface area contributed by atoms with Crippen LogP contribution in [0.15, 0.2) is 47.8 Å². The highest BCUT2D eigenvalue weighted by molar-refractivity contribution is 7.13. The van der Waals surface area contributed by atoms with Gasteiger partial charge in [0.05, 0.1) is 10.6 Å². The maximum absolute atomic E-state index is 5.96. The molecule has 0 atom stereocenters. The SMILES string of the molecule is Nc1nc(-c2cccs2)cc2ccccc12. The molecule has 3 aromatic rings. The first-order chi connectivity index (χ1) is 7.84. The van der Waals surface area contributed by atoms with E-state index in [4.69, 9.17) is 5.73 Å². The summed E-state index contributed by atoms with van der Waals surface area (Å²) < 4.78 is 0. The molecule has 2 heterocycles. The van der Waals surface area contributed by atoms with E-state index in [0.29, 0.717) is 5.82 Å². The van der Waals surface area contributed by atoms with Crippen molar-refractivity contribution in [3.8, 4) is 10.6 Å². The highest BCUT2D eigenvalue weighted by Crippen LogP contribution is 2.28. The van der Waals surface area contributed by atoms with Crippen LogP contribution in [0.25, 0.3) is 21.3 Å². The number of aromatic nitrogens is 1. The number of hydrogen-bond acceptors (Lipinski definition) is 3. The smallest absolute Gasteiger partial charge is 0.132 e. The van der Waals surface area contributed by atoms with Gasteiger partial charge in [-0.25, -0.2) is 4.98 Å². The Morgan fingerprint density at radius 3 is 2.75 bits per heavy atom. The Balaban J connectivity index is 2.29. The highest BCUT2D eigenvalue weighted by atomic mass is 32.1. The molecule has 2 N–H and O–H groups in total. The maximum atomic E-state index is 5.96. The van der Waals surface area contributed by atoms with E-state index in [1.165, 1.54) is 0 Å². The number of hydrogen-bond donors (Lipinski definition) is 1. The van der Waals surface area contributed by atoms with E-state index in [2.05, 4.69) is 23.2 Å². The lowest BCUT2D eigenvalue weighted by molar-refractivity contribution is 1.38. The van der Waals surface area contributed by atoms with Crippen LogP contribution in [0.3, 0.4) is 0 Å². The molecule has 0 radical (unpaired) electrons. The van der Waals surface area contributed by atoms with Gasteiger partial charge < -0.3 is 5.73 Å². The number of nitrogens with zero attached hydrogens (tertiary/aromatic N) is 1. The molecule has 78 valence electrons. The third kappa shape index (κ3) is 1.46. The predicted octanol–water partition coefficient (Wildman–Crippen LogP) is 3.55. The van der Waals surface area contributed by atoms with Gasteiger partial charge in [0.15, 0.2) is 0 Å². The zero-order valence-electron chi connectivity index (χ0n) is 8.55. The summed E-state index contributed by atoms with van der Waals surface area (Å²) in [7, 11) is 0. The van der Waals surface area contributed by atoms with E-state index >= 15 is 0 Å². The summed E-state index contributed by atoms with van der Waals surface area (Å²) in [6, 6.07) is 14.2. The zero-order valence-corrected chi connectivity index (χ0v) is 9.37. The van der Waals surface area contributed by atoms with Crippen molar-refractivity contribution in [2.24, 2.45) is 0 Å². The van der Waals surface area contributed by atoms with Crippen molar-refractivity contribution in [2.75, 3.05) is 5.73 Å². The fourth-order valence-corrected chi connectivity index (χ4v) is 2.46. The molecule has 0 aliphatic carbocycles. The second-order valence-corrected chi connectivity index (χ2v) is 4.54. The average Bonchev–Trinajstić information content (AvgIpc) is 2.82. The third-order valence-corrected chi connectivity index (χ3v) is 3.44. The Bertz CT molecular complexity index is 629. The van der Waals surface area contributed by atoms with Crippen LogP contribution >= 0.6 is 11.3 Å². The van der Waals surface area contributed by atoms with Gasteiger partial charge in [0.2, 0.25) is 0 Å². The van der Waals surface area contributed by atoms with Crippen molar-refractivity contribution in [1.82, 2.24) is 4.98 Å². The van der Waals surface area contributed by atoms with Gasteiger partial charge in [0.25, 0.3) is 0 Å². The first-order valence-corrected chi connectivity index (χ1v) is 5.92. The van der Waals surface area contributed by atoms with Crippen LogP contribution < -0.4 is 5.73 Å². The van der Waals surface area contributed by atoms with Crippen LogP contribution in [0, 0.1) is 0 Å². The summed E-state index contributed by atoms with van der Waals surface area (Å²) in [5, 5.41) is 4.20. The quantitative estimate of drug-likeness (QED) is 0.689. The minimum atomic E-state index is 0.599. The Morgan fingerprint density at radius 1 is 1.06 bits per heavy atom. The van der Waals surface area contributed by atoms with Gasteiger partial charge in [-0.1, -0.05) is 30.3 Å². The topological polar surface area (TPSA) is 38.9 Å². The second kappa shape index (κ2) is 3.61. The van der Waals surface area contributed by atoms with Gasteiger partial charge in [-0.15, -0.1) is 11.3 Å². The number of nitrogens with two attached hydrogens (primary N) is 1. The van der Waals surface area contributed by atoms with E-state index < -0.39 is 0 Å². The molecule has 1 aromatic carbocycles. The molecular weight excluding hydrogens is 216 g/mol. The van der Waals surface area contributed by atoms with Crippen molar-refractivity contribution in [1.29, 1.82) is 0 Å². The van der Waals surface area contributed by atoms with Gasteiger partial charge in [-0.2, -0.15) is 0 Å². The van der Waals surface area contributed by atoms with E-state index in [9.17, 15) is 0 Å². The first-order valence-electron chi connectivity index (χ1n) is 5.04. The van der Waals surface area contributed by atoms with Gasteiger partial charge in [-0.05, 0) is 22.9 Å². The van der Waals surface area contributed by atoms with E-state index in [1.807, 2.05) is 29.6 Å². The number of fused-ring (bicyclic) bond motifs is 1. The molecule has 0 aliphatic rings. The van der Waals surface area contributed by atoms with Crippen LogP contribution in [0.4, 0.5) is 5.82 Å². The fourth-order valence-electron chi connectivity index (χ4n) is 1.78. The monoisotopic (exact) mass is 226 g/mol. The molecule has 0 bridgehead atoms. The molecule has 3 heteroatoms. The minimum absolute atomic E-state index is 0.599. The molecule has 0 spiro atoms. The number of rotatable bonds is 1. The third-order valence-electron chi connectivity index (χ3n) is 2.54. The fraction of sp³-hybridized carbons (Fsp3) is 0. The lowest BCUT2D eigenvalue weighted by Crippen LogP contribution is -1.93. The van der Waals surface area contributed by atoms with Crippen LogP contribution in [-0.2, 0) is 0 Å². The average molecular weight is 226 g/mol. The summed E-state index contributed by atoms with van der Waals surface area (Å²) >= 11 is 1.68. The summed E-state index contributed by atoms with van der Waals surface area (Å²) in [4.78, 5) is 5.58. The molecule has 3 rings (SSSR count). The first kappa shape index (κ1) is 9.36. The summed E-state index contributed by atoms with van der Waals surface area (Å²) in [5.41, 5.74) is 6.91. The van der Waals surface area contributed by atoms with Crippen molar-refractivity contribution in [3.05, 3.63) is 47.8 Å². The number of thiophene rings is 1. The van der Waals surface area contributed by atoms with Gasteiger partial charge >= 0.3 is 0 Å². The number of nitrogen functional groups attached to an aromatic ring is 1. The molecular formula is C13H10N2S. The van der Waals surface area contributed by atoms with Crippen molar-refractivity contribution < 1.29 is 0 Å². The lowest BCUT2D eigenvalue weighted by Gasteiger charge is -2.04. The van der Waals surface area contributed by atoms with Crippen LogP contribution in [0.2, 0.25) is 0 Å². The molecule has 16 heavy (non-hydrogen) atoms. The molecule has 0 aliphatic heterocycles. The minimum Gasteiger partial charge on any atom is -0.383 e. The van der Waals surface area contributed by atoms with E-state index in [0.717, 1.165) is 21.3 Å². The van der Waals surface area contributed by atoms with Crippen molar-refractivity contribution >= 4 is 27.9 Å². The Hall–Kier alpha value is -1.87. The molecule has 2 nitrogen and oxygen atoms in total. The molecule has 0 unspecified atom stereocenters. The molecule has 2 aromatic heterocycles. The Morgan fingerprint density at radius 2 is 1.94 bits per heavy atom. The molecule has 0 saturated carbocycles. The second-order valence-electron chi connectivity index (χ2n) is 3.59. The largest absolute Gasteiger partial charge is 0.383 e.